The van der Waals surface area contributed by atoms with Crippen LogP contribution in [0.15, 0.2) is 34.3 Å². The van der Waals surface area contributed by atoms with Crippen molar-refractivity contribution in [3.05, 3.63) is 65.1 Å². The Morgan fingerprint density at radius 2 is 0.838 bits per heavy atom. The van der Waals surface area contributed by atoms with E-state index in [2.05, 4.69) is 207 Å². The van der Waals surface area contributed by atoms with Crippen LogP contribution in [0.3, 0.4) is 0 Å². The van der Waals surface area contributed by atoms with E-state index in [1.54, 1.807) is 0 Å². The summed E-state index contributed by atoms with van der Waals surface area (Å²) in [5.74, 6) is 2.90. The average Bonchev–Trinajstić information content (AvgIpc) is 3.12. The molecule has 0 radical (unpaired) electrons. The summed E-state index contributed by atoms with van der Waals surface area (Å²) in [6.07, 6.45) is 7.56. The zero-order chi connectivity index (χ0) is 51.3. The van der Waals surface area contributed by atoms with E-state index in [1.165, 1.54) is 11.1 Å². The smallest absolute Gasteiger partial charge is 0.503 e. The predicted octanol–water partition coefficient (Wildman–Crippen LogP) is 9.82. The first-order valence-electron chi connectivity index (χ1n) is 23.6. The number of rotatable bonds is 15. The van der Waals surface area contributed by atoms with E-state index in [1.807, 2.05) is 12.4 Å². The number of benzene rings is 2. The van der Waals surface area contributed by atoms with E-state index in [4.69, 9.17) is 25.0 Å². The van der Waals surface area contributed by atoms with E-state index in [0.29, 0.717) is 11.5 Å². The fourth-order valence-corrected chi connectivity index (χ4v) is 8.38. The van der Waals surface area contributed by atoms with Gasteiger partial charge in [0, 0.05) is 52.0 Å². The third-order valence-corrected chi connectivity index (χ3v) is 11.7. The summed E-state index contributed by atoms with van der Waals surface area (Å²) in [6.45, 7) is 28.0. The third-order valence-electron chi connectivity index (χ3n) is 11.7. The second-order valence-electron chi connectivity index (χ2n) is 22.9. The summed E-state index contributed by atoms with van der Waals surface area (Å²) in [5, 5.41) is 37.6. The van der Waals surface area contributed by atoms with Crippen molar-refractivity contribution in [2.75, 3.05) is 83.6 Å². The molecule has 0 amide bonds. The Bertz CT molecular complexity index is 1870. The van der Waals surface area contributed by atoms with Crippen molar-refractivity contribution in [1.82, 2.24) is 19.6 Å². The van der Waals surface area contributed by atoms with Gasteiger partial charge in [-0.25, -0.2) is 4.79 Å². The van der Waals surface area contributed by atoms with Crippen LogP contribution >= 0.6 is 0 Å². The molecule has 2 rings (SSSR count). The number of carbonyl (C=O) groups is 1. The maximum atomic E-state index is 11.8. The van der Waals surface area contributed by atoms with Gasteiger partial charge >= 0.3 is 18.1 Å². The van der Waals surface area contributed by atoms with Gasteiger partial charge in [0.1, 0.15) is 11.5 Å². The number of nitrogens with zero attached hydrogens (tertiary/aromatic N) is 8. The number of carboxylic acid groups (broad SMARTS) is 2. The molecule has 2 atom stereocenters. The van der Waals surface area contributed by atoms with Gasteiger partial charge in [-0.05, 0) is 83.4 Å². The molecule has 13 nitrogen and oxygen atoms in total. The van der Waals surface area contributed by atoms with Crippen molar-refractivity contribution in [1.29, 1.82) is 0 Å². The van der Waals surface area contributed by atoms with E-state index in [-0.39, 0.29) is 58.5 Å². The first kappa shape index (κ1) is 65.8. The Labute approximate surface area is 425 Å². The second-order valence-corrected chi connectivity index (χ2v) is 22.9. The SMILES string of the molecule is CN(C)C(N(C)CCCCC(N=Cc1cc(C(C)(C)C)cc(C(C)(C)C)c1O)C(CCCCN(C)C(N(C)C)=[N+](C)C)N=Cc1cc(C(C)(C)C)cc(C(C)(C)C)c1O)=[N+](C)C.O=C(O)O.[CH3-].[Cr]. The molecule has 2 aromatic rings. The van der Waals surface area contributed by atoms with Gasteiger partial charge in [0.15, 0.2) is 0 Å². The van der Waals surface area contributed by atoms with Crippen molar-refractivity contribution >= 4 is 30.5 Å². The Kier molecular flexibility index (Phi) is 26.9. The number of phenols is 2. The van der Waals surface area contributed by atoms with E-state index >= 15 is 0 Å². The molecule has 0 fully saturated rings. The molecule has 0 aliphatic rings. The zero-order valence-electron chi connectivity index (χ0n) is 47.0. The van der Waals surface area contributed by atoms with Crippen LogP contribution in [0.25, 0.3) is 0 Å². The molecule has 388 valence electrons. The summed E-state index contributed by atoms with van der Waals surface area (Å²) in [5.41, 5.74) is 4.96. The molecule has 0 aliphatic heterocycles. The molecule has 68 heavy (non-hydrogen) atoms. The zero-order valence-corrected chi connectivity index (χ0v) is 48.2. The minimum atomic E-state index is -1.83. The van der Waals surface area contributed by atoms with Gasteiger partial charge in [-0.2, -0.15) is 0 Å². The summed E-state index contributed by atoms with van der Waals surface area (Å²) in [4.78, 5) is 28.4. The third kappa shape index (κ3) is 21.2. The molecule has 2 aromatic carbocycles. The molecule has 0 heterocycles. The summed E-state index contributed by atoms with van der Waals surface area (Å²) < 4.78 is 4.32. The first-order chi connectivity index (χ1) is 30.0. The molecule has 0 bridgehead atoms. The van der Waals surface area contributed by atoms with Crippen LogP contribution in [0.5, 0.6) is 11.5 Å². The maximum absolute atomic E-state index is 11.8. The van der Waals surface area contributed by atoms with E-state index in [0.717, 1.165) is 85.8 Å². The standard InChI is InChI=1S/C52H90N8O2.CH2O3.CH3.Cr/c1-49(2,3)39-31-37(45(61)41(33-39)51(7,8)9)35-53-43(27-23-25-29-59(21)47(55(13)14)56(15)16)44(28-24-26-30-60(22)48(57(17)18)58(19)20)54-36-38-32-40(50(4,5)6)34-42(46(38)62)52(10,11)12;2-1(3)4;;/h31-36,43-44H,23-30H2,1-22H3;(H2,2,3,4);1H3;/q;;-1;/p+2. The van der Waals surface area contributed by atoms with Gasteiger partial charge in [0.2, 0.25) is 0 Å². The van der Waals surface area contributed by atoms with Gasteiger partial charge in [0.05, 0.1) is 95.6 Å². The van der Waals surface area contributed by atoms with Gasteiger partial charge in [-0.15, -0.1) is 0 Å². The Morgan fingerprint density at radius 1 is 0.559 bits per heavy atom. The van der Waals surface area contributed by atoms with Crippen LogP contribution in [0.4, 0.5) is 4.79 Å². The Morgan fingerprint density at radius 3 is 1.06 bits per heavy atom. The van der Waals surface area contributed by atoms with Crippen molar-refractivity contribution in [2.45, 2.75) is 155 Å². The minimum absolute atomic E-state index is 0. The molecule has 0 saturated heterocycles. The fraction of sp³-hybridized carbons (Fsp3) is 0.667. The van der Waals surface area contributed by atoms with Crippen LogP contribution in [0.2, 0.25) is 0 Å². The summed E-state index contributed by atoms with van der Waals surface area (Å²) in [7, 11) is 21.0. The molecule has 0 spiro atoms. The number of hydrogen-bond donors (Lipinski definition) is 4. The van der Waals surface area contributed by atoms with Crippen molar-refractivity contribution in [2.24, 2.45) is 9.98 Å². The molecule has 0 saturated carbocycles. The Hall–Kier alpha value is -4.28. The number of guanidine groups is 2. The maximum Gasteiger partial charge on any atom is 0.503 e. The fourth-order valence-electron chi connectivity index (χ4n) is 8.38. The number of aromatic hydroxyl groups is 2. The quantitative estimate of drug-likeness (QED) is 0.0451. The van der Waals surface area contributed by atoms with E-state index in [9.17, 15) is 10.2 Å². The summed E-state index contributed by atoms with van der Waals surface area (Å²) >= 11 is 0. The van der Waals surface area contributed by atoms with Gasteiger partial charge < -0.3 is 27.9 Å². The van der Waals surface area contributed by atoms with Crippen LogP contribution in [0.1, 0.15) is 155 Å². The van der Waals surface area contributed by atoms with Crippen molar-refractivity contribution in [3.8, 4) is 11.5 Å². The van der Waals surface area contributed by atoms with Gasteiger partial charge in [-0.3, -0.25) is 38.7 Å². The van der Waals surface area contributed by atoms with Gasteiger partial charge in [0.25, 0.3) is 0 Å². The minimum Gasteiger partial charge on any atom is -0.507 e. The van der Waals surface area contributed by atoms with Crippen LogP contribution in [-0.4, -0.2) is 175 Å². The molecule has 0 aliphatic carbocycles. The predicted molar refractivity (Wildman–Crippen MR) is 285 cm³/mol. The van der Waals surface area contributed by atoms with E-state index < -0.39 is 6.16 Å². The largest absolute Gasteiger partial charge is 0.507 e. The number of unbranched alkanes of at least 4 members (excludes halogenated alkanes) is 2. The normalized spacial score (nSPS) is 12.9. The first-order valence-corrected chi connectivity index (χ1v) is 23.6. The molecule has 4 N–H and O–H groups in total. The van der Waals surface area contributed by atoms with Crippen LogP contribution < -0.4 is 0 Å². The molecule has 2 unspecified atom stereocenters. The monoisotopic (exact) mass is 990 g/mol. The summed E-state index contributed by atoms with van der Waals surface area (Å²) in [6, 6.07) is 8.24. The van der Waals surface area contributed by atoms with Crippen molar-refractivity contribution < 1.29 is 51.7 Å². The second kappa shape index (κ2) is 27.8. The molecule has 14 heteroatoms. The number of hydrogen-bond acceptors (Lipinski definition) is 5. The average molecular weight is 990 g/mol. The van der Waals surface area contributed by atoms with Crippen LogP contribution in [0, 0.1) is 7.43 Å². The number of aliphatic imine (C=N–C) groups is 2. The topological polar surface area (TPSA) is 142 Å². The molecule has 0 aromatic heterocycles. The van der Waals surface area contributed by atoms with Crippen molar-refractivity contribution in [3.63, 3.8) is 0 Å². The van der Waals surface area contributed by atoms with Crippen LogP contribution in [-0.2, 0) is 39.0 Å². The van der Waals surface area contributed by atoms with Gasteiger partial charge in [-0.1, -0.05) is 95.2 Å². The number of phenolic OH excluding ortho intramolecular Hbond substituents is 2. The molecular weight excluding hydrogens is 893 g/mol. The Balaban J connectivity index is 0. The molecular formula is C54H97CrN8O5+.